The summed E-state index contributed by atoms with van der Waals surface area (Å²) in [5.41, 5.74) is 0.757. The summed E-state index contributed by atoms with van der Waals surface area (Å²) in [5.74, 6) is -0.0992. The van der Waals surface area contributed by atoms with Gasteiger partial charge in [-0.15, -0.1) is 0 Å². The molecule has 0 amide bonds. The molecule has 1 aromatic rings. The third-order valence-electron chi connectivity index (χ3n) is 4.33. The Hall–Kier alpha value is -1.13. The molecule has 0 unspecified atom stereocenters. The van der Waals surface area contributed by atoms with Gasteiger partial charge in [-0.1, -0.05) is 12.1 Å². The van der Waals surface area contributed by atoms with Crippen LogP contribution >= 0.6 is 0 Å². The van der Waals surface area contributed by atoms with Gasteiger partial charge < -0.3 is 10.2 Å². The van der Waals surface area contributed by atoms with Crippen molar-refractivity contribution in [1.29, 1.82) is 0 Å². The number of hydrogen-bond acceptors (Lipinski definition) is 3. The van der Waals surface area contributed by atoms with Gasteiger partial charge in [0.1, 0.15) is 5.82 Å². The predicted molar refractivity (Wildman–Crippen MR) is 76.1 cm³/mol. The lowest BCUT2D eigenvalue weighted by Crippen LogP contribution is -2.53. The van der Waals surface area contributed by atoms with Crippen LogP contribution in [-0.2, 0) is 0 Å². The number of benzene rings is 1. The van der Waals surface area contributed by atoms with Gasteiger partial charge in [0.2, 0.25) is 0 Å². The third-order valence-corrected chi connectivity index (χ3v) is 4.33. The molecule has 3 nitrogen and oxygen atoms in total. The Bertz CT molecular complexity index is 410. The van der Waals surface area contributed by atoms with Gasteiger partial charge in [0.25, 0.3) is 0 Å². The number of para-hydroxylation sites is 1. The van der Waals surface area contributed by atoms with Gasteiger partial charge in [0.15, 0.2) is 0 Å². The third kappa shape index (κ3) is 2.90. The maximum absolute atomic E-state index is 13.8. The number of anilines is 1. The highest BCUT2D eigenvalue weighted by molar-refractivity contribution is 5.48. The highest BCUT2D eigenvalue weighted by Gasteiger charge is 2.25. The topological polar surface area (TPSA) is 18.5 Å². The smallest absolute Gasteiger partial charge is 0.146 e. The molecular weight excluding hydrogens is 241 g/mol. The Kier molecular flexibility index (Phi) is 3.99. The summed E-state index contributed by atoms with van der Waals surface area (Å²) < 4.78 is 13.8. The lowest BCUT2D eigenvalue weighted by Gasteiger charge is -2.41. The highest BCUT2D eigenvalue weighted by Crippen LogP contribution is 2.22. The van der Waals surface area contributed by atoms with Crippen molar-refractivity contribution in [3.8, 4) is 0 Å². The van der Waals surface area contributed by atoms with Gasteiger partial charge in [-0.2, -0.15) is 0 Å². The molecule has 3 rings (SSSR count). The van der Waals surface area contributed by atoms with E-state index in [4.69, 9.17) is 0 Å². The molecule has 2 fully saturated rings. The maximum Gasteiger partial charge on any atom is 0.146 e. The molecule has 104 valence electrons. The minimum atomic E-state index is -0.0992. The lowest BCUT2D eigenvalue weighted by atomic mass is 10.0. The van der Waals surface area contributed by atoms with Crippen LogP contribution in [-0.4, -0.2) is 50.2 Å². The van der Waals surface area contributed by atoms with Gasteiger partial charge in [-0.05, 0) is 38.1 Å². The van der Waals surface area contributed by atoms with E-state index in [0.717, 1.165) is 51.0 Å². The summed E-state index contributed by atoms with van der Waals surface area (Å²) in [6.07, 6.45) is 2.50. The number of nitrogens with one attached hydrogen (secondary N) is 1. The summed E-state index contributed by atoms with van der Waals surface area (Å²) in [4.78, 5) is 4.76. The Morgan fingerprint density at radius 1 is 1.00 bits per heavy atom. The molecule has 2 aliphatic rings. The minimum absolute atomic E-state index is 0.0992. The summed E-state index contributed by atoms with van der Waals surface area (Å²) in [6, 6.07) is 7.83. The van der Waals surface area contributed by atoms with E-state index in [2.05, 4.69) is 15.1 Å². The molecule has 0 atom stereocenters. The Balaban J connectivity index is 1.58. The van der Waals surface area contributed by atoms with E-state index in [1.54, 1.807) is 12.1 Å². The molecule has 4 heteroatoms. The molecule has 2 heterocycles. The van der Waals surface area contributed by atoms with E-state index in [0.29, 0.717) is 0 Å². The van der Waals surface area contributed by atoms with Crippen molar-refractivity contribution >= 4 is 5.69 Å². The number of rotatable bonds is 2. The van der Waals surface area contributed by atoms with E-state index in [1.807, 2.05) is 12.1 Å². The fourth-order valence-electron chi connectivity index (χ4n) is 3.21. The van der Waals surface area contributed by atoms with E-state index >= 15 is 0 Å². The van der Waals surface area contributed by atoms with Crippen LogP contribution in [0.3, 0.4) is 0 Å². The van der Waals surface area contributed by atoms with Crippen LogP contribution in [0.5, 0.6) is 0 Å². The van der Waals surface area contributed by atoms with Gasteiger partial charge in [0.05, 0.1) is 5.69 Å². The number of halogens is 1. The monoisotopic (exact) mass is 263 g/mol. The molecular formula is C15H22FN3. The zero-order valence-corrected chi connectivity index (χ0v) is 11.3. The summed E-state index contributed by atoms with van der Waals surface area (Å²) in [7, 11) is 0. The lowest BCUT2D eigenvalue weighted by molar-refractivity contribution is 0.153. The molecule has 1 aromatic carbocycles. The molecule has 0 aliphatic carbocycles. The zero-order chi connectivity index (χ0) is 13.1. The zero-order valence-electron chi connectivity index (χ0n) is 11.3. The average molecular weight is 263 g/mol. The second-order valence-electron chi connectivity index (χ2n) is 5.46. The van der Waals surface area contributed by atoms with Crippen molar-refractivity contribution in [2.24, 2.45) is 0 Å². The van der Waals surface area contributed by atoms with Crippen LogP contribution in [0, 0.1) is 5.82 Å². The first-order valence-electron chi connectivity index (χ1n) is 7.29. The molecule has 0 bridgehead atoms. The van der Waals surface area contributed by atoms with Crippen molar-refractivity contribution in [2.45, 2.75) is 18.9 Å². The molecule has 2 saturated heterocycles. The van der Waals surface area contributed by atoms with Crippen molar-refractivity contribution in [2.75, 3.05) is 44.2 Å². The van der Waals surface area contributed by atoms with E-state index in [9.17, 15) is 4.39 Å². The van der Waals surface area contributed by atoms with E-state index in [-0.39, 0.29) is 5.82 Å². The average Bonchev–Trinajstić information content (AvgIpc) is 2.49. The predicted octanol–water partition coefficient (Wildman–Crippen LogP) is 1.70. The van der Waals surface area contributed by atoms with Crippen molar-refractivity contribution < 1.29 is 4.39 Å². The summed E-state index contributed by atoms with van der Waals surface area (Å²) >= 11 is 0. The van der Waals surface area contributed by atoms with Gasteiger partial charge >= 0.3 is 0 Å². The molecule has 0 radical (unpaired) electrons. The Morgan fingerprint density at radius 3 is 2.37 bits per heavy atom. The summed E-state index contributed by atoms with van der Waals surface area (Å²) in [6.45, 7) is 6.25. The van der Waals surface area contributed by atoms with Crippen LogP contribution in [0.15, 0.2) is 24.3 Å². The first kappa shape index (κ1) is 12.9. The molecule has 0 aromatic heterocycles. The Labute approximate surface area is 114 Å². The van der Waals surface area contributed by atoms with Crippen molar-refractivity contribution in [3.63, 3.8) is 0 Å². The summed E-state index contributed by atoms with van der Waals surface area (Å²) in [5, 5.41) is 3.41. The van der Waals surface area contributed by atoms with Crippen molar-refractivity contribution in [1.82, 2.24) is 10.2 Å². The van der Waals surface area contributed by atoms with Gasteiger partial charge in [-0.3, -0.25) is 4.90 Å². The second-order valence-corrected chi connectivity index (χ2v) is 5.46. The Morgan fingerprint density at radius 2 is 1.68 bits per heavy atom. The largest absolute Gasteiger partial charge is 0.367 e. The van der Waals surface area contributed by atoms with Crippen LogP contribution in [0.4, 0.5) is 10.1 Å². The maximum atomic E-state index is 13.8. The number of hydrogen-bond donors (Lipinski definition) is 1. The number of piperazine rings is 1. The minimum Gasteiger partial charge on any atom is -0.367 e. The first-order valence-corrected chi connectivity index (χ1v) is 7.29. The highest BCUT2D eigenvalue weighted by atomic mass is 19.1. The molecule has 1 N–H and O–H groups in total. The fourth-order valence-corrected chi connectivity index (χ4v) is 3.21. The SMILES string of the molecule is Fc1ccccc1N1CCN(C2CCNCC2)CC1. The number of nitrogens with zero attached hydrogens (tertiary/aromatic N) is 2. The second kappa shape index (κ2) is 5.88. The van der Waals surface area contributed by atoms with Crippen LogP contribution in [0.1, 0.15) is 12.8 Å². The van der Waals surface area contributed by atoms with Gasteiger partial charge in [0, 0.05) is 32.2 Å². The molecule has 2 aliphatic heterocycles. The normalized spacial score (nSPS) is 22.7. The number of piperidine rings is 1. The quantitative estimate of drug-likeness (QED) is 0.876. The molecule has 0 spiro atoms. The standard InChI is InChI=1S/C15H22FN3/c16-14-3-1-2-4-15(14)19-11-9-18(10-12-19)13-5-7-17-8-6-13/h1-4,13,17H,5-12H2. The van der Waals surface area contributed by atoms with E-state index < -0.39 is 0 Å². The fraction of sp³-hybridized carbons (Fsp3) is 0.600. The first-order chi connectivity index (χ1) is 9.34. The molecule has 0 saturated carbocycles. The van der Waals surface area contributed by atoms with Crippen molar-refractivity contribution in [3.05, 3.63) is 30.1 Å². The van der Waals surface area contributed by atoms with Crippen LogP contribution < -0.4 is 10.2 Å². The van der Waals surface area contributed by atoms with Crippen LogP contribution in [0.2, 0.25) is 0 Å². The molecule has 19 heavy (non-hydrogen) atoms. The van der Waals surface area contributed by atoms with E-state index in [1.165, 1.54) is 12.8 Å². The van der Waals surface area contributed by atoms with Gasteiger partial charge in [-0.25, -0.2) is 4.39 Å². The van der Waals surface area contributed by atoms with Crippen LogP contribution in [0.25, 0.3) is 0 Å².